The van der Waals surface area contributed by atoms with Gasteiger partial charge in [-0.15, -0.1) is 0 Å². The average Bonchev–Trinajstić information content (AvgIpc) is 2.29. The smallest absolute Gasteiger partial charge is 0.311 e. The molecule has 0 fully saturated rings. The molecule has 6 nitrogen and oxygen atoms in total. The van der Waals surface area contributed by atoms with E-state index in [0.29, 0.717) is 5.56 Å². The maximum absolute atomic E-state index is 11.2. The van der Waals surface area contributed by atoms with E-state index in [1.165, 1.54) is 19.2 Å². The number of hydrogen-bond donors (Lipinski definition) is 0. The van der Waals surface area contributed by atoms with E-state index in [1.807, 2.05) is 0 Å². The Kier molecular flexibility index (Phi) is 4.45. The zero-order valence-electron chi connectivity index (χ0n) is 9.63. The first-order chi connectivity index (χ1) is 8.08. The summed E-state index contributed by atoms with van der Waals surface area (Å²) in [5.41, 5.74) is 0.366. The molecule has 0 amide bonds. The first-order valence-corrected chi connectivity index (χ1v) is 5.05. The van der Waals surface area contributed by atoms with Crippen molar-refractivity contribution in [3.63, 3.8) is 0 Å². The van der Waals surface area contributed by atoms with Gasteiger partial charge >= 0.3 is 11.7 Å². The number of nitrogens with zero attached hydrogens (tertiary/aromatic N) is 1. The monoisotopic (exact) mass is 239 g/mol. The van der Waals surface area contributed by atoms with Crippen LogP contribution in [0.5, 0.6) is 5.75 Å². The van der Waals surface area contributed by atoms with Crippen molar-refractivity contribution < 1.29 is 19.2 Å². The fourth-order valence-corrected chi connectivity index (χ4v) is 1.37. The summed E-state index contributed by atoms with van der Waals surface area (Å²) in [4.78, 5) is 21.4. The van der Waals surface area contributed by atoms with Gasteiger partial charge in [-0.25, -0.2) is 0 Å². The minimum absolute atomic E-state index is 0.0126. The Morgan fingerprint density at radius 3 is 2.71 bits per heavy atom. The molecule has 1 aromatic carbocycles. The first-order valence-electron chi connectivity index (χ1n) is 5.05. The molecule has 0 spiro atoms. The predicted molar refractivity (Wildman–Crippen MR) is 60.0 cm³/mol. The zero-order valence-corrected chi connectivity index (χ0v) is 9.63. The van der Waals surface area contributed by atoms with E-state index in [4.69, 9.17) is 9.47 Å². The van der Waals surface area contributed by atoms with Gasteiger partial charge in [0, 0.05) is 6.07 Å². The fraction of sp³-hybridized carbons (Fsp3) is 0.364. The summed E-state index contributed by atoms with van der Waals surface area (Å²) < 4.78 is 9.62. The summed E-state index contributed by atoms with van der Waals surface area (Å²) in [6, 6.07) is 4.38. The number of ether oxygens (including phenoxy) is 2. The zero-order chi connectivity index (χ0) is 12.8. The van der Waals surface area contributed by atoms with Gasteiger partial charge in [-0.1, -0.05) is 6.07 Å². The largest absolute Gasteiger partial charge is 0.490 e. The summed E-state index contributed by atoms with van der Waals surface area (Å²) in [5, 5.41) is 10.8. The lowest BCUT2D eigenvalue weighted by atomic mass is 10.1. The highest BCUT2D eigenvalue weighted by Crippen LogP contribution is 2.27. The van der Waals surface area contributed by atoms with Gasteiger partial charge in [0.2, 0.25) is 0 Å². The summed E-state index contributed by atoms with van der Waals surface area (Å²) in [6.45, 7) is 1.99. The lowest BCUT2D eigenvalue weighted by molar-refractivity contribution is -0.385. The lowest BCUT2D eigenvalue weighted by Gasteiger charge is -2.04. The Bertz CT molecular complexity index is 430. The molecular formula is C11H13NO5. The molecule has 0 unspecified atom stereocenters. The van der Waals surface area contributed by atoms with Crippen LogP contribution in [-0.2, 0) is 16.0 Å². The molecule has 92 valence electrons. The van der Waals surface area contributed by atoms with Crippen molar-refractivity contribution in [2.24, 2.45) is 0 Å². The van der Waals surface area contributed by atoms with Crippen LogP contribution in [0.1, 0.15) is 12.5 Å². The highest BCUT2D eigenvalue weighted by Gasteiger charge is 2.16. The molecule has 0 saturated carbocycles. The van der Waals surface area contributed by atoms with E-state index in [-0.39, 0.29) is 24.5 Å². The molecule has 0 radical (unpaired) electrons. The molecule has 17 heavy (non-hydrogen) atoms. The molecule has 0 N–H and O–H groups in total. The minimum Gasteiger partial charge on any atom is -0.490 e. The summed E-state index contributed by atoms with van der Waals surface area (Å²) in [7, 11) is 1.35. The van der Waals surface area contributed by atoms with Crippen LogP contribution in [-0.4, -0.2) is 24.6 Å². The summed E-state index contributed by atoms with van der Waals surface area (Å²) >= 11 is 0. The Morgan fingerprint density at radius 1 is 1.47 bits per heavy atom. The van der Waals surface area contributed by atoms with Gasteiger partial charge in [0.05, 0.1) is 25.1 Å². The average molecular weight is 239 g/mol. The third-order valence-electron chi connectivity index (χ3n) is 2.09. The standard InChI is InChI=1S/C11H13NO5/c1-3-17-11(13)7-8-4-5-10(16-2)9(6-8)12(14)15/h4-6H,3,7H2,1-2H3. The van der Waals surface area contributed by atoms with Gasteiger partial charge in [0.15, 0.2) is 5.75 Å². The SMILES string of the molecule is CCOC(=O)Cc1ccc(OC)c([N+](=O)[O-])c1. The Hall–Kier alpha value is -2.11. The molecule has 1 aromatic rings. The molecule has 0 aliphatic heterocycles. The molecule has 6 heteroatoms. The second-order valence-corrected chi connectivity index (χ2v) is 3.25. The van der Waals surface area contributed by atoms with Gasteiger partial charge in [-0.3, -0.25) is 14.9 Å². The Morgan fingerprint density at radius 2 is 2.18 bits per heavy atom. The third-order valence-corrected chi connectivity index (χ3v) is 2.09. The maximum Gasteiger partial charge on any atom is 0.311 e. The molecule has 0 aliphatic rings. The lowest BCUT2D eigenvalue weighted by Crippen LogP contribution is -2.07. The number of rotatable bonds is 5. The summed E-state index contributed by atoms with van der Waals surface area (Å²) in [5.74, 6) is -0.241. The van der Waals surface area contributed by atoms with Crippen LogP contribution < -0.4 is 4.74 Å². The second kappa shape index (κ2) is 5.83. The van der Waals surface area contributed by atoms with E-state index in [2.05, 4.69) is 0 Å². The minimum atomic E-state index is -0.548. The second-order valence-electron chi connectivity index (χ2n) is 3.25. The van der Waals surface area contributed by atoms with E-state index in [9.17, 15) is 14.9 Å². The van der Waals surface area contributed by atoms with E-state index in [0.717, 1.165) is 0 Å². The maximum atomic E-state index is 11.2. The molecule has 1 rings (SSSR count). The highest BCUT2D eigenvalue weighted by molar-refractivity contribution is 5.73. The van der Waals surface area contributed by atoms with Crippen molar-refractivity contribution in [3.8, 4) is 5.75 Å². The number of nitro groups is 1. The van der Waals surface area contributed by atoms with Gasteiger partial charge in [0.25, 0.3) is 0 Å². The van der Waals surface area contributed by atoms with Crippen molar-refractivity contribution in [2.45, 2.75) is 13.3 Å². The van der Waals surface area contributed by atoms with Crippen LogP contribution in [0.25, 0.3) is 0 Å². The third kappa shape index (κ3) is 3.44. The fourth-order valence-electron chi connectivity index (χ4n) is 1.37. The highest BCUT2D eigenvalue weighted by atomic mass is 16.6. The van der Waals surface area contributed by atoms with Crippen LogP contribution in [0.2, 0.25) is 0 Å². The van der Waals surface area contributed by atoms with Crippen molar-refractivity contribution in [1.29, 1.82) is 0 Å². The number of hydrogen-bond acceptors (Lipinski definition) is 5. The van der Waals surface area contributed by atoms with Gasteiger partial charge in [-0.05, 0) is 18.6 Å². The van der Waals surface area contributed by atoms with Gasteiger partial charge in [-0.2, -0.15) is 0 Å². The predicted octanol–water partition coefficient (Wildman–Crippen LogP) is 1.71. The van der Waals surface area contributed by atoms with Crippen LogP contribution in [0.3, 0.4) is 0 Å². The molecule has 0 aliphatic carbocycles. The van der Waals surface area contributed by atoms with Crippen molar-refractivity contribution >= 4 is 11.7 Å². The quantitative estimate of drug-likeness (QED) is 0.444. The molecule has 0 bridgehead atoms. The number of benzene rings is 1. The van der Waals surface area contributed by atoms with Gasteiger partial charge < -0.3 is 9.47 Å². The van der Waals surface area contributed by atoms with Crippen LogP contribution in [0.15, 0.2) is 18.2 Å². The van der Waals surface area contributed by atoms with Crippen LogP contribution in [0.4, 0.5) is 5.69 Å². The molecule has 0 aromatic heterocycles. The number of carbonyl (C=O) groups is 1. The molecule has 0 saturated heterocycles. The van der Waals surface area contributed by atoms with Crippen LogP contribution >= 0.6 is 0 Å². The number of nitro benzene ring substituents is 1. The summed E-state index contributed by atoms with van der Waals surface area (Å²) in [6.07, 6.45) is 0.0126. The normalized spacial score (nSPS) is 9.76. The van der Waals surface area contributed by atoms with Crippen molar-refractivity contribution in [3.05, 3.63) is 33.9 Å². The number of esters is 1. The van der Waals surface area contributed by atoms with E-state index < -0.39 is 10.9 Å². The Labute approximate surface area is 98.3 Å². The van der Waals surface area contributed by atoms with Crippen LogP contribution in [0, 0.1) is 10.1 Å². The first kappa shape index (κ1) is 13.0. The van der Waals surface area contributed by atoms with Crippen molar-refractivity contribution in [1.82, 2.24) is 0 Å². The van der Waals surface area contributed by atoms with Gasteiger partial charge in [0.1, 0.15) is 0 Å². The Balaban J connectivity index is 2.92. The van der Waals surface area contributed by atoms with Crippen molar-refractivity contribution in [2.75, 3.05) is 13.7 Å². The molecular weight excluding hydrogens is 226 g/mol. The molecule has 0 atom stereocenters. The van der Waals surface area contributed by atoms with E-state index >= 15 is 0 Å². The molecule has 0 heterocycles. The topological polar surface area (TPSA) is 78.7 Å². The number of methoxy groups -OCH3 is 1. The number of carbonyl (C=O) groups excluding carboxylic acids is 1. The van der Waals surface area contributed by atoms with E-state index in [1.54, 1.807) is 13.0 Å².